The predicted octanol–water partition coefficient (Wildman–Crippen LogP) is 1.89. The number of hydrogen-bond acceptors (Lipinski definition) is 2. The van der Waals surface area contributed by atoms with E-state index < -0.39 is 5.97 Å². The van der Waals surface area contributed by atoms with Crippen LogP contribution in [0.5, 0.6) is 0 Å². The molecule has 76 valence electrons. The Morgan fingerprint density at radius 3 is 3.00 bits per heavy atom. The lowest BCUT2D eigenvalue weighted by Gasteiger charge is -2.25. The molecule has 0 radical (unpaired) electrons. The lowest BCUT2D eigenvalue weighted by atomic mass is 9.95. The zero-order valence-electron chi connectivity index (χ0n) is 7.54. The van der Waals surface area contributed by atoms with Crippen molar-refractivity contribution in [2.75, 3.05) is 13.2 Å². The minimum Gasteiger partial charge on any atom is -0.481 e. The highest BCUT2D eigenvalue weighted by Crippen LogP contribution is 2.24. The van der Waals surface area contributed by atoms with Crippen LogP contribution in [-0.4, -0.2) is 29.7 Å². The van der Waals surface area contributed by atoms with Gasteiger partial charge in [-0.2, -0.15) is 0 Å². The summed E-state index contributed by atoms with van der Waals surface area (Å²) in [6.45, 7) is 1.51. The van der Waals surface area contributed by atoms with E-state index in [-0.39, 0.29) is 11.8 Å². The van der Waals surface area contributed by atoms with Gasteiger partial charge in [0.15, 0.2) is 0 Å². The van der Waals surface area contributed by atoms with E-state index in [1.54, 1.807) is 0 Å². The number of halogens is 1. The Morgan fingerprint density at radius 2 is 2.46 bits per heavy atom. The fraction of sp³-hybridized carbons (Fsp3) is 0.889. The summed E-state index contributed by atoms with van der Waals surface area (Å²) in [6, 6.07) is 0. The Labute approximate surface area is 83.0 Å². The molecule has 1 fully saturated rings. The zero-order valence-corrected chi connectivity index (χ0v) is 8.29. The Morgan fingerprint density at radius 1 is 1.69 bits per heavy atom. The maximum absolute atomic E-state index is 10.3. The maximum atomic E-state index is 10.3. The maximum Gasteiger partial charge on any atom is 0.303 e. The van der Waals surface area contributed by atoms with Gasteiger partial charge in [0, 0.05) is 18.4 Å². The Kier molecular flexibility index (Phi) is 4.53. The van der Waals surface area contributed by atoms with Crippen LogP contribution in [0, 0.1) is 5.92 Å². The number of ether oxygens (including phenoxy) is 1. The van der Waals surface area contributed by atoms with Crippen LogP contribution in [0.3, 0.4) is 0 Å². The second-order valence-electron chi connectivity index (χ2n) is 3.43. The van der Waals surface area contributed by atoms with Crippen molar-refractivity contribution in [3.63, 3.8) is 0 Å². The van der Waals surface area contributed by atoms with Gasteiger partial charge in [-0.1, -0.05) is 0 Å². The summed E-state index contributed by atoms with van der Waals surface area (Å²) in [7, 11) is 0. The highest BCUT2D eigenvalue weighted by Gasteiger charge is 2.22. The van der Waals surface area contributed by atoms with Crippen LogP contribution < -0.4 is 0 Å². The molecule has 1 rings (SSSR count). The number of rotatable bonds is 4. The van der Waals surface area contributed by atoms with E-state index in [2.05, 4.69) is 0 Å². The predicted molar refractivity (Wildman–Crippen MR) is 50.1 cm³/mol. The Bertz CT molecular complexity index is 166. The molecule has 0 spiro atoms. The number of carboxylic acid groups (broad SMARTS) is 1. The SMILES string of the molecule is O=C(O)CCC(Cl)C1CCCOC1. The molecular weight excluding hydrogens is 192 g/mol. The minimum absolute atomic E-state index is 0.0450. The third kappa shape index (κ3) is 3.96. The van der Waals surface area contributed by atoms with Crippen molar-refractivity contribution in [1.29, 1.82) is 0 Å². The fourth-order valence-corrected chi connectivity index (χ4v) is 1.86. The van der Waals surface area contributed by atoms with Crippen molar-refractivity contribution >= 4 is 17.6 Å². The molecule has 2 atom stereocenters. The fourth-order valence-electron chi connectivity index (χ4n) is 1.55. The van der Waals surface area contributed by atoms with Gasteiger partial charge in [-0.05, 0) is 25.2 Å². The van der Waals surface area contributed by atoms with E-state index in [1.165, 1.54) is 0 Å². The van der Waals surface area contributed by atoms with Crippen molar-refractivity contribution < 1.29 is 14.6 Å². The van der Waals surface area contributed by atoms with Gasteiger partial charge in [0.25, 0.3) is 0 Å². The molecule has 3 nitrogen and oxygen atoms in total. The van der Waals surface area contributed by atoms with E-state index in [0.717, 1.165) is 19.4 Å². The molecule has 1 aliphatic heterocycles. The van der Waals surface area contributed by atoms with Crippen molar-refractivity contribution in [3.05, 3.63) is 0 Å². The van der Waals surface area contributed by atoms with E-state index in [1.807, 2.05) is 0 Å². The highest BCUT2D eigenvalue weighted by molar-refractivity contribution is 6.20. The normalized spacial score (nSPS) is 25.5. The van der Waals surface area contributed by atoms with Gasteiger partial charge in [0.05, 0.1) is 6.61 Å². The van der Waals surface area contributed by atoms with Crippen molar-refractivity contribution in [3.8, 4) is 0 Å². The first-order valence-electron chi connectivity index (χ1n) is 4.63. The largest absolute Gasteiger partial charge is 0.481 e. The van der Waals surface area contributed by atoms with E-state index in [9.17, 15) is 4.79 Å². The zero-order chi connectivity index (χ0) is 9.68. The molecule has 1 aliphatic rings. The molecule has 2 unspecified atom stereocenters. The average Bonchev–Trinajstić information content (AvgIpc) is 2.15. The molecule has 0 amide bonds. The van der Waals surface area contributed by atoms with Crippen LogP contribution in [0.1, 0.15) is 25.7 Å². The number of hydrogen-bond donors (Lipinski definition) is 1. The first kappa shape index (κ1) is 10.8. The van der Waals surface area contributed by atoms with Gasteiger partial charge in [-0.25, -0.2) is 0 Å². The molecule has 0 aromatic carbocycles. The van der Waals surface area contributed by atoms with Gasteiger partial charge in [0.2, 0.25) is 0 Å². The lowest BCUT2D eigenvalue weighted by molar-refractivity contribution is -0.137. The molecule has 1 heterocycles. The van der Waals surface area contributed by atoms with E-state index in [0.29, 0.717) is 18.9 Å². The van der Waals surface area contributed by atoms with Crippen LogP contribution in [0.4, 0.5) is 0 Å². The van der Waals surface area contributed by atoms with Gasteiger partial charge < -0.3 is 9.84 Å². The smallest absolute Gasteiger partial charge is 0.303 e. The van der Waals surface area contributed by atoms with Crippen LogP contribution in [0.15, 0.2) is 0 Å². The molecule has 0 aromatic rings. The number of alkyl halides is 1. The summed E-state index contributed by atoms with van der Waals surface area (Å²) in [4.78, 5) is 10.3. The molecule has 0 bridgehead atoms. The molecule has 4 heteroatoms. The second kappa shape index (κ2) is 5.45. The van der Waals surface area contributed by atoms with Gasteiger partial charge in [-0.3, -0.25) is 4.79 Å². The molecule has 0 saturated carbocycles. The summed E-state index contributed by atoms with van der Waals surface area (Å²) in [5.41, 5.74) is 0. The second-order valence-corrected chi connectivity index (χ2v) is 3.99. The number of carboxylic acids is 1. The average molecular weight is 207 g/mol. The van der Waals surface area contributed by atoms with E-state index in [4.69, 9.17) is 21.4 Å². The van der Waals surface area contributed by atoms with Crippen molar-refractivity contribution in [1.82, 2.24) is 0 Å². The summed E-state index contributed by atoms with van der Waals surface area (Å²) in [5, 5.41) is 8.43. The van der Waals surface area contributed by atoms with Crippen LogP contribution in [0.2, 0.25) is 0 Å². The molecule has 13 heavy (non-hydrogen) atoms. The van der Waals surface area contributed by atoms with Crippen LogP contribution >= 0.6 is 11.6 Å². The van der Waals surface area contributed by atoms with Crippen molar-refractivity contribution in [2.24, 2.45) is 5.92 Å². The van der Waals surface area contributed by atoms with Gasteiger partial charge in [-0.15, -0.1) is 11.6 Å². The summed E-state index contributed by atoms with van der Waals surface area (Å²) < 4.78 is 5.28. The van der Waals surface area contributed by atoms with Gasteiger partial charge >= 0.3 is 5.97 Å². The standard InChI is InChI=1S/C9H15ClO3/c10-8(3-4-9(11)12)7-2-1-5-13-6-7/h7-8H,1-6H2,(H,11,12). The summed E-state index contributed by atoms with van der Waals surface area (Å²) in [5.74, 6) is -0.433. The monoisotopic (exact) mass is 206 g/mol. The number of aliphatic carboxylic acids is 1. The molecule has 1 saturated heterocycles. The topological polar surface area (TPSA) is 46.5 Å². The third-order valence-electron chi connectivity index (χ3n) is 2.34. The molecular formula is C9H15ClO3. The van der Waals surface area contributed by atoms with E-state index >= 15 is 0 Å². The minimum atomic E-state index is -0.776. The number of carbonyl (C=O) groups is 1. The molecule has 1 N–H and O–H groups in total. The Hall–Kier alpha value is -0.280. The summed E-state index contributed by atoms with van der Waals surface area (Å²) in [6.07, 6.45) is 2.81. The van der Waals surface area contributed by atoms with Crippen LogP contribution in [-0.2, 0) is 9.53 Å². The first-order valence-corrected chi connectivity index (χ1v) is 5.07. The third-order valence-corrected chi connectivity index (χ3v) is 2.92. The van der Waals surface area contributed by atoms with Crippen molar-refractivity contribution in [2.45, 2.75) is 31.1 Å². The molecule has 0 aliphatic carbocycles. The molecule has 0 aromatic heterocycles. The summed E-state index contributed by atoms with van der Waals surface area (Å²) >= 11 is 6.06. The quantitative estimate of drug-likeness (QED) is 0.715. The first-order chi connectivity index (χ1) is 6.20. The lowest BCUT2D eigenvalue weighted by Crippen LogP contribution is -2.26. The van der Waals surface area contributed by atoms with Gasteiger partial charge in [0.1, 0.15) is 0 Å². The Balaban J connectivity index is 2.20. The highest BCUT2D eigenvalue weighted by atomic mass is 35.5. The van der Waals surface area contributed by atoms with Crippen LogP contribution in [0.25, 0.3) is 0 Å².